The maximum atomic E-state index is 11.1. The summed E-state index contributed by atoms with van der Waals surface area (Å²) in [4.78, 5) is 13.3. The topological polar surface area (TPSA) is 40.5 Å². The first-order chi connectivity index (χ1) is 6.34. The van der Waals surface area contributed by atoms with Gasteiger partial charge in [0.15, 0.2) is 0 Å². The summed E-state index contributed by atoms with van der Waals surface area (Å²) in [6.07, 6.45) is 3.31. The van der Waals surface area contributed by atoms with Gasteiger partial charge in [-0.25, -0.2) is 0 Å². The van der Waals surface area contributed by atoms with E-state index in [0.29, 0.717) is 5.41 Å². The molecule has 1 heterocycles. The average molecular weight is 197 g/mol. The summed E-state index contributed by atoms with van der Waals surface area (Å²) in [5.41, 5.74) is 0.353. The first-order valence-corrected chi connectivity index (χ1v) is 5.34. The van der Waals surface area contributed by atoms with Gasteiger partial charge in [-0.1, -0.05) is 0 Å². The number of likely N-dealkylation sites (tertiary alicyclic amines) is 1. The fourth-order valence-corrected chi connectivity index (χ4v) is 2.52. The van der Waals surface area contributed by atoms with Crippen LogP contribution < -0.4 is 0 Å². The molecule has 2 fully saturated rings. The molecule has 1 aliphatic heterocycles. The lowest BCUT2D eigenvalue weighted by molar-refractivity contribution is -0.143. The number of carboxylic acids is 1. The molecule has 3 nitrogen and oxygen atoms in total. The highest BCUT2D eigenvalue weighted by Gasteiger charge is 2.55. The highest BCUT2D eigenvalue weighted by Crippen LogP contribution is 2.56. The normalized spacial score (nSPS) is 30.9. The Morgan fingerprint density at radius 3 is 2.29 bits per heavy atom. The molecule has 1 saturated carbocycles. The Balaban J connectivity index is 2.18. The van der Waals surface area contributed by atoms with Gasteiger partial charge in [0.25, 0.3) is 0 Å². The van der Waals surface area contributed by atoms with Gasteiger partial charge in [0.05, 0.1) is 0 Å². The third-order valence-electron chi connectivity index (χ3n) is 3.61. The van der Waals surface area contributed by atoms with Crippen LogP contribution in [0.1, 0.15) is 40.0 Å². The minimum absolute atomic E-state index is 0.0187. The van der Waals surface area contributed by atoms with E-state index in [1.165, 1.54) is 12.8 Å². The van der Waals surface area contributed by atoms with Crippen molar-refractivity contribution in [2.75, 3.05) is 6.54 Å². The average Bonchev–Trinajstić information content (AvgIpc) is 2.58. The van der Waals surface area contributed by atoms with E-state index in [1.807, 2.05) is 0 Å². The predicted octanol–water partition coefficient (Wildman–Crippen LogP) is 1.72. The Morgan fingerprint density at radius 1 is 1.43 bits per heavy atom. The molecule has 1 spiro atoms. The number of hydrogen-bond donors (Lipinski definition) is 1. The van der Waals surface area contributed by atoms with Crippen molar-refractivity contribution < 1.29 is 9.90 Å². The van der Waals surface area contributed by atoms with Crippen molar-refractivity contribution in [2.24, 2.45) is 5.41 Å². The molecule has 1 saturated heterocycles. The van der Waals surface area contributed by atoms with Gasteiger partial charge in [0.2, 0.25) is 0 Å². The van der Waals surface area contributed by atoms with Crippen LogP contribution in [0.5, 0.6) is 0 Å². The molecule has 0 aromatic rings. The van der Waals surface area contributed by atoms with Crippen LogP contribution in [-0.4, -0.2) is 34.1 Å². The fraction of sp³-hybridized carbons (Fsp3) is 0.909. The molecule has 0 radical (unpaired) electrons. The quantitative estimate of drug-likeness (QED) is 0.696. The zero-order chi connectivity index (χ0) is 10.6. The summed E-state index contributed by atoms with van der Waals surface area (Å²) in [5.74, 6) is -0.649. The van der Waals surface area contributed by atoms with Gasteiger partial charge in [0, 0.05) is 12.1 Å². The van der Waals surface area contributed by atoms with Crippen molar-refractivity contribution in [3.05, 3.63) is 0 Å². The van der Waals surface area contributed by atoms with Gasteiger partial charge < -0.3 is 5.11 Å². The van der Waals surface area contributed by atoms with Crippen molar-refractivity contribution >= 4 is 5.97 Å². The molecule has 0 amide bonds. The molecule has 14 heavy (non-hydrogen) atoms. The molecule has 3 heteroatoms. The number of hydrogen-bond acceptors (Lipinski definition) is 2. The number of carboxylic acid groups (broad SMARTS) is 1. The van der Waals surface area contributed by atoms with E-state index < -0.39 is 5.97 Å². The van der Waals surface area contributed by atoms with Gasteiger partial charge in [-0.15, -0.1) is 0 Å². The van der Waals surface area contributed by atoms with E-state index in [-0.39, 0.29) is 11.6 Å². The van der Waals surface area contributed by atoms with Gasteiger partial charge in [0.1, 0.15) is 6.04 Å². The highest BCUT2D eigenvalue weighted by atomic mass is 16.4. The maximum absolute atomic E-state index is 11.1. The molecule has 0 aromatic carbocycles. The van der Waals surface area contributed by atoms with E-state index in [2.05, 4.69) is 25.7 Å². The summed E-state index contributed by atoms with van der Waals surface area (Å²) >= 11 is 0. The zero-order valence-corrected chi connectivity index (χ0v) is 9.21. The van der Waals surface area contributed by atoms with Gasteiger partial charge in [-0.05, 0) is 45.4 Å². The third-order valence-corrected chi connectivity index (χ3v) is 3.61. The molecular formula is C11H19NO2. The second-order valence-electron chi connectivity index (χ2n) is 5.86. The van der Waals surface area contributed by atoms with Crippen molar-refractivity contribution in [2.45, 2.75) is 51.6 Å². The largest absolute Gasteiger partial charge is 0.480 e. The Hall–Kier alpha value is -0.570. The van der Waals surface area contributed by atoms with Crippen LogP contribution in [0.25, 0.3) is 0 Å². The first kappa shape index (κ1) is 9.97. The van der Waals surface area contributed by atoms with E-state index in [1.54, 1.807) is 0 Å². The fourth-order valence-electron chi connectivity index (χ4n) is 2.52. The maximum Gasteiger partial charge on any atom is 0.320 e. The van der Waals surface area contributed by atoms with E-state index in [0.717, 1.165) is 13.0 Å². The smallest absolute Gasteiger partial charge is 0.320 e. The second-order valence-corrected chi connectivity index (χ2v) is 5.86. The molecule has 0 unspecified atom stereocenters. The van der Waals surface area contributed by atoms with Crippen LogP contribution in [0, 0.1) is 5.41 Å². The minimum atomic E-state index is -0.649. The molecule has 1 aliphatic carbocycles. The Bertz CT molecular complexity index is 263. The monoisotopic (exact) mass is 197 g/mol. The first-order valence-electron chi connectivity index (χ1n) is 5.34. The molecule has 0 aromatic heterocycles. The molecule has 80 valence electrons. The standard InChI is InChI=1S/C11H19NO2/c1-10(2,3)12-7-11(4-5-11)6-8(12)9(13)14/h8H,4-7H2,1-3H3,(H,13,14)/t8-/m0/s1. The van der Waals surface area contributed by atoms with Crippen LogP contribution in [0.2, 0.25) is 0 Å². The van der Waals surface area contributed by atoms with E-state index >= 15 is 0 Å². The van der Waals surface area contributed by atoms with Crippen LogP contribution in [0.4, 0.5) is 0 Å². The van der Waals surface area contributed by atoms with Crippen molar-refractivity contribution in [1.82, 2.24) is 4.90 Å². The third kappa shape index (κ3) is 1.54. The molecule has 0 bridgehead atoms. The zero-order valence-electron chi connectivity index (χ0n) is 9.21. The van der Waals surface area contributed by atoms with Crippen LogP contribution in [-0.2, 0) is 4.79 Å². The van der Waals surface area contributed by atoms with Crippen LogP contribution >= 0.6 is 0 Å². The summed E-state index contributed by atoms with van der Waals surface area (Å²) < 4.78 is 0. The highest BCUT2D eigenvalue weighted by molar-refractivity contribution is 5.74. The Labute approximate surface area is 85.1 Å². The van der Waals surface area contributed by atoms with Crippen LogP contribution in [0.3, 0.4) is 0 Å². The summed E-state index contributed by atoms with van der Waals surface area (Å²) in [6.45, 7) is 7.28. The number of carbonyl (C=O) groups is 1. The second kappa shape index (κ2) is 2.72. The van der Waals surface area contributed by atoms with Crippen molar-refractivity contribution in [3.63, 3.8) is 0 Å². The Morgan fingerprint density at radius 2 is 2.00 bits per heavy atom. The van der Waals surface area contributed by atoms with Gasteiger partial charge >= 0.3 is 5.97 Å². The number of aliphatic carboxylic acids is 1. The molecule has 1 atom stereocenters. The predicted molar refractivity (Wildman–Crippen MR) is 54.2 cm³/mol. The molecule has 2 rings (SSSR count). The summed E-state index contributed by atoms with van der Waals surface area (Å²) in [6, 6.07) is -0.252. The SMILES string of the molecule is CC(C)(C)N1CC2(CC2)C[C@H]1C(=O)O. The molecule has 2 aliphatic rings. The lowest BCUT2D eigenvalue weighted by Crippen LogP contribution is -2.47. The van der Waals surface area contributed by atoms with E-state index in [9.17, 15) is 4.79 Å². The lowest BCUT2D eigenvalue weighted by Gasteiger charge is -2.35. The van der Waals surface area contributed by atoms with Crippen LogP contribution in [0.15, 0.2) is 0 Å². The summed E-state index contributed by atoms with van der Waals surface area (Å²) in [7, 11) is 0. The Kier molecular flexibility index (Phi) is 1.94. The molecular weight excluding hydrogens is 178 g/mol. The number of rotatable bonds is 1. The molecule has 1 N–H and O–H groups in total. The number of nitrogens with zero attached hydrogens (tertiary/aromatic N) is 1. The van der Waals surface area contributed by atoms with E-state index in [4.69, 9.17) is 5.11 Å². The van der Waals surface area contributed by atoms with Crippen molar-refractivity contribution in [3.8, 4) is 0 Å². The van der Waals surface area contributed by atoms with Crippen molar-refractivity contribution in [1.29, 1.82) is 0 Å². The minimum Gasteiger partial charge on any atom is -0.480 e. The summed E-state index contributed by atoms with van der Waals surface area (Å²) in [5, 5.41) is 9.17. The van der Waals surface area contributed by atoms with Gasteiger partial charge in [-0.3, -0.25) is 9.69 Å². The van der Waals surface area contributed by atoms with Gasteiger partial charge in [-0.2, -0.15) is 0 Å². The lowest BCUT2D eigenvalue weighted by atomic mass is 10.0.